The molecule has 2 aliphatic heterocycles. The van der Waals surface area contributed by atoms with E-state index >= 15 is 0 Å². The van der Waals surface area contributed by atoms with Crippen LogP contribution < -0.4 is 10.6 Å². The van der Waals surface area contributed by atoms with Crippen molar-refractivity contribution < 1.29 is 9.59 Å². The van der Waals surface area contributed by atoms with Gasteiger partial charge in [-0.15, -0.1) is 0 Å². The maximum Gasteiger partial charge on any atom is 0.237 e. The predicted octanol–water partition coefficient (Wildman–Crippen LogP) is 3.83. The highest BCUT2D eigenvalue weighted by atomic mass is 35.5. The second kappa shape index (κ2) is 5.50. The number of hydrogen-bond donors (Lipinski definition) is 2. The van der Waals surface area contributed by atoms with E-state index in [4.69, 9.17) is 23.2 Å². The van der Waals surface area contributed by atoms with Crippen LogP contribution in [0, 0.1) is 0 Å². The Balaban J connectivity index is 1.91. The first-order valence-electron chi connectivity index (χ1n) is 7.67. The minimum Gasteiger partial charge on any atom is -0.348 e. The quantitative estimate of drug-likeness (QED) is 0.811. The zero-order valence-electron chi connectivity index (χ0n) is 12.6. The zero-order chi connectivity index (χ0) is 16.9. The number of amides is 2. The average Bonchev–Trinajstić information content (AvgIpc) is 2.81. The molecule has 0 saturated carbocycles. The Labute approximate surface area is 149 Å². The molecule has 1 saturated heterocycles. The van der Waals surface area contributed by atoms with Crippen LogP contribution in [-0.4, -0.2) is 11.8 Å². The standard InChI is InChI=1S/C18H14Cl2N2O2/c19-11-3-1-2-10(8-11)16-18(7-6-15(23)22-16)13-5-4-12(20)9-14(13)21-17(18)24/h1-5,8-9,16H,6-7H2,(H,21,24)(H,22,23)/t16-,18-/m1/s1. The lowest BCUT2D eigenvalue weighted by Gasteiger charge is -2.40. The van der Waals surface area contributed by atoms with Crippen molar-refractivity contribution in [3.05, 3.63) is 63.6 Å². The van der Waals surface area contributed by atoms with Crippen molar-refractivity contribution in [2.75, 3.05) is 5.32 Å². The maximum atomic E-state index is 13.0. The van der Waals surface area contributed by atoms with Crippen LogP contribution in [0.25, 0.3) is 0 Å². The van der Waals surface area contributed by atoms with Crippen molar-refractivity contribution >= 4 is 40.7 Å². The molecule has 4 rings (SSSR count). The van der Waals surface area contributed by atoms with Gasteiger partial charge in [0, 0.05) is 22.2 Å². The zero-order valence-corrected chi connectivity index (χ0v) is 14.1. The van der Waals surface area contributed by atoms with Gasteiger partial charge in [-0.3, -0.25) is 9.59 Å². The number of carbonyl (C=O) groups excluding carboxylic acids is 2. The Morgan fingerprint density at radius 1 is 1.04 bits per heavy atom. The van der Waals surface area contributed by atoms with Crippen molar-refractivity contribution in [2.24, 2.45) is 0 Å². The van der Waals surface area contributed by atoms with Crippen LogP contribution in [0.2, 0.25) is 10.0 Å². The van der Waals surface area contributed by atoms with Gasteiger partial charge in [-0.25, -0.2) is 0 Å². The van der Waals surface area contributed by atoms with Gasteiger partial charge in [0.2, 0.25) is 11.8 Å². The number of benzene rings is 2. The molecule has 2 aromatic carbocycles. The Bertz CT molecular complexity index is 868. The van der Waals surface area contributed by atoms with Gasteiger partial charge in [-0.2, -0.15) is 0 Å². The van der Waals surface area contributed by atoms with Gasteiger partial charge in [-0.05, 0) is 41.8 Å². The molecule has 2 amide bonds. The van der Waals surface area contributed by atoms with Crippen molar-refractivity contribution in [3.8, 4) is 0 Å². The summed E-state index contributed by atoms with van der Waals surface area (Å²) in [7, 11) is 0. The van der Waals surface area contributed by atoms with Gasteiger partial charge in [0.05, 0.1) is 6.04 Å². The number of anilines is 1. The highest BCUT2D eigenvalue weighted by Crippen LogP contribution is 2.51. The van der Waals surface area contributed by atoms with Crippen LogP contribution >= 0.6 is 23.2 Å². The molecule has 0 aromatic heterocycles. The summed E-state index contributed by atoms with van der Waals surface area (Å²) in [6.07, 6.45) is 0.739. The molecule has 0 aliphatic carbocycles. The number of piperidine rings is 1. The summed E-state index contributed by atoms with van der Waals surface area (Å²) in [6.45, 7) is 0. The smallest absolute Gasteiger partial charge is 0.237 e. The third kappa shape index (κ3) is 2.21. The third-order valence-corrected chi connectivity index (χ3v) is 5.31. The van der Waals surface area contributed by atoms with Crippen molar-refractivity contribution in [2.45, 2.75) is 24.3 Å². The first-order chi connectivity index (χ1) is 11.5. The van der Waals surface area contributed by atoms with Gasteiger partial charge < -0.3 is 10.6 Å². The molecular formula is C18H14Cl2N2O2. The van der Waals surface area contributed by atoms with Crippen LogP contribution in [0.3, 0.4) is 0 Å². The summed E-state index contributed by atoms with van der Waals surface area (Å²) in [6, 6.07) is 12.2. The summed E-state index contributed by atoms with van der Waals surface area (Å²) in [5, 5.41) is 7.03. The minimum absolute atomic E-state index is 0.0687. The molecule has 2 aliphatic rings. The lowest BCUT2D eigenvalue weighted by molar-refractivity contribution is -0.130. The monoisotopic (exact) mass is 360 g/mol. The largest absolute Gasteiger partial charge is 0.348 e. The number of rotatable bonds is 1. The molecule has 1 spiro atoms. The van der Waals surface area contributed by atoms with Crippen LogP contribution in [0.5, 0.6) is 0 Å². The van der Waals surface area contributed by atoms with Crippen molar-refractivity contribution in [1.82, 2.24) is 5.32 Å². The first kappa shape index (κ1) is 15.5. The molecule has 122 valence electrons. The molecule has 0 bridgehead atoms. The number of fused-ring (bicyclic) bond motifs is 2. The summed E-state index contributed by atoms with van der Waals surface area (Å²) in [5.74, 6) is -0.189. The van der Waals surface area contributed by atoms with E-state index in [0.717, 1.165) is 11.1 Å². The summed E-state index contributed by atoms with van der Waals surface area (Å²) >= 11 is 12.2. The molecule has 0 radical (unpaired) electrons. The van der Waals surface area contributed by atoms with E-state index < -0.39 is 11.5 Å². The summed E-state index contributed by atoms with van der Waals surface area (Å²) < 4.78 is 0. The van der Waals surface area contributed by atoms with Crippen LogP contribution in [-0.2, 0) is 15.0 Å². The fourth-order valence-electron chi connectivity index (χ4n) is 3.77. The second-order valence-electron chi connectivity index (χ2n) is 6.17. The van der Waals surface area contributed by atoms with E-state index in [1.807, 2.05) is 18.2 Å². The van der Waals surface area contributed by atoms with E-state index in [1.54, 1.807) is 24.3 Å². The Hall–Kier alpha value is -2.04. The summed E-state index contributed by atoms with van der Waals surface area (Å²) in [4.78, 5) is 25.0. The van der Waals surface area contributed by atoms with E-state index in [0.29, 0.717) is 28.6 Å². The third-order valence-electron chi connectivity index (χ3n) is 4.84. The molecule has 0 unspecified atom stereocenters. The van der Waals surface area contributed by atoms with Crippen LogP contribution in [0.15, 0.2) is 42.5 Å². The molecule has 24 heavy (non-hydrogen) atoms. The van der Waals surface area contributed by atoms with E-state index in [2.05, 4.69) is 10.6 Å². The fraction of sp³-hybridized carbons (Fsp3) is 0.222. The van der Waals surface area contributed by atoms with E-state index in [-0.39, 0.29) is 11.8 Å². The number of nitrogens with one attached hydrogen (secondary N) is 2. The molecule has 2 N–H and O–H groups in total. The van der Waals surface area contributed by atoms with Crippen LogP contribution in [0.1, 0.15) is 30.0 Å². The maximum absolute atomic E-state index is 13.0. The van der Waals surface area contributed by atoms with Gasteiger partial charge in [-0.1, -0.05) is 41.4 Å². The molecule has 6 heteroatoms. The number of carbonyl (C=O) groups is 2. The van der Waals surface area contributed by atoms with Gasteiger partial charge in [0.1, 0.15) is 5.41 Å². The highest BCUT2D eigenvalue weighted by Gasteiger charge is 2.55. The topological polar surface area (TPSA) is 58.2 Å². The fourth-order valence-corrected chi connectivity index (χ4v) is 4.14. The van der Waals surface area contributed by atoms with E-state index in [9.17, 15) is 9.59 Å². The van der Waals surface area contributed by atoms with Crippen LogP contribution in [0.4, 0.5) is 5.69 Å². The van der Waals surface area contributed by atoms with Gasteiger partial charge >= 0.3 is 0 Å². The molecule has 4 nitrogen and oxygen atoms in total. The number of halogens is 2. The van der Waals surface area contributed by atoms with Crippen molar-refractivity contribution in [1.29, 1.82) is 0 Å². The molecule has 2 aromatic rings. The second-order valence-corrected chi connectivity index (χ2v) is 7.04. The SMILES string of the molecule is O=C1CC[C@]2(C(=O)Nc3cc(Cl)ccc32)[C@@H](c2cccc(Cl)c2)N1. The Kier molecular flexibility index (Phi) is 3.55. The highest BCUT2D eigenvalue weighted by molar-refractivity contribution is 6.31. The van der Waals surface area contributed by atoms with Crippen molar-refractivity contribution in [3.63, 3.8) is 0 Å². The minimum atomic E-state index is -0.849. The molecular weight excluding hydrogens is 347 g/mol. The lowest BCUT2D eigenvalue weighted by atomic mass is 9.67. The Morgan fingerprint density at radius 3 is 2.62 bits per heavy atom. The molecule has 2 heterocycles. The lowest BCUT2D eigenvalue weighted by Crippen LogP contribution is -2.52. The number of hydrogen-bond acceptors (Lipinski definition) is 2. The first-order valence-corrected chi connectivity index (χ1v) is 8.42. The summed E-state index contributed by atoms with van der Waals surface area (Å²) in [5.41, 5.74) is 1.53. The van der Waals surface area contributed by atoms with Gasteiger partial charge in [0.15, 0.2) is 0 Å². The molecule has 1 fully saturated rings. The van der Waals surface area contributed by atoms with E-state index in [1.165, 1.54) is 0 Å². The van der Waals surface area contributed by atoms with Gasteiger partial charge in [0.25, 0.3) is 0 Å². The Morgan fingerprint density at radius 2 is 1.83 bits per heavy atom. The predicted molar refractivity (Wildman–Crippen MR) is 93.3 cm³/mol. The molecule has 2 atom stereocenters. The normalized spacial score (nSPS) is 25.3. The average molecular weight is 361 g/mol.